The van der Waals surface area contributed by atoms with Gasteiger partial charge in [-0.2, -0.15) is 0 Å². The number of nitrogens with one attached hydrogen (secondary N) is 2. The van der Waals surface area contributed by atoms with E-state index in [9.17, 15) is 14.4 Å². The van der Waals surface area contributed by atoms with Crippen molar-refractivity contribution in [1.82, 2.24) is 15.5 Å². The Morgan fingerprint density at radius 1 is 1.03 bits per heavy atom. The van der Waals surface area contributed by atoms with Crippen LogP contribution in [0.4, 0.5) is 0 Å². The van der Waals surface area contributed by atoms with Crippen LogP contribution < -0.4 is 15.4 Å². The maximum atomic E-state index is 13.7. The lowest BCUT2D eigenvalue weighted by Gasteiger charge is -2.35. The van der Waals surface area contributed by atoms with Gasteiger partial charge in [-0.3, -0.25) is 14.4 Å². The fourth-order valence-electron chi connectivity index (χ4n) is 3.63. The zero-order valence-electron chi connectivity index (χ0n) is 21.1. The van der Waals surface area contributed by atoms with Crippen LogP contribution in [0.5, 0.6) is 5.75 Å². The van der Waals surface area contributed by atoms with Gasteiger partial charge in [-0.25, -0.2) is 0 Å². The van der Waals surface area contributed by atoms with Gasteiger partial charge in [0.05, 0.1) is 18.5 Å². The summed E-state index contributed by atoms with van der Waals surface area (Å²) in [7, 11) is 1.56. The summed E-state index contributed by atoms with van der Waals surface area (Å²) >= 11 is 1.30. The molecule has 2 aromatic carbocycles. The Balaban J connectivity index is 1.98. The van der Waals surface area contributed by atoms with Gasteiger partial charge in [-0.05, 0) is 55.0 Å². The van der Waals surface area contributed by atoms with E-state index in [0.717, 1.165) is 5.56 Å². The monoisotopic (exact) mass is 507 g/mol. The molecule has 0 aliphatic rings. The van der Waals surface area contributed by atoms with Crippen LogP contribution in [0.25, 0.3) is 0 Å². The average molecular weight is 508 g/mol. The van der Waals surface area contributed by atoms with Crippen LogP contribution in [0, 0.1) is 0 Å². The van der Waals surface area contributed by atoms with Crippen molar-refractivity contribution in [3.63, 3.8) is 0 Å². The summed E-state index contributed by atoms with van der Waals surface area (Å²) in [6.45, 7) is 5.83. The van der Waals surface area contributed by atoms with Crippen LogP contribution in [-0.2, 0) is 16.1 Å². The third-order valence-electron chi connectivity index (χ3n) is 5.98. The van der Waals surface area contributed by atoms with Crippen molar-refractivity contribution in [1.29, 1.82) is 0 Å². The van der Waals surface area contributed by atoms with E-state index in [1.54, 1.807) is 48.9 Å². The number of hydrogen-bond acceptors (Lipinski definition) is 5. The lowest BCUT2D eigenvalue weighted by Crippen LogP contribution is -2.51. The second-order valence-corrected chi connectivity index (χ2v) is 10.0. The molecule has 3 rings (SSSR count). The van der Waals surface area contributed by atoms with Crippen molar-refractivity contribution in [2.45, 2.75) is 45.3 Å². The highest BCUT2D eigenvalue weighted by atomic mass is 32.1. The van der Waals surface area contributed by atoms with Crippen LogP contribution in [-0.4, -0.2) is 41.8 Å². The summed E-state index contributed by atoms with van der Waals surface area (Å²) in [6.07, 6.45) is 0.715. The number of nitrogens with zero attached hydrogens (tertiary/aromatic N) is 1. The van der Waals surface area contributed by atoms with Crippen molar-refractivity contribution in [2.24, 2.45) is 0 Å². The first-order chi connectivity index (χ1) is 17.2. The summed E-state index contributed by atoms with van der Waals surface area (Å²) in [6, 6.07) is 19.2. The Hall–Kier alpha value is -3.65. The molecule has 0 saturated carbocycles. The molecule has 36 heavy (non-hydrogen) atoms. The molecule has 190 valence electrons. The number of benzene rings is 2. The minimum absolute atomic E-state index is 0.191. The van der Waals surface area contributed by atoms with E-state index in [1.165, 1.54) is 16.2 Å². The number of thiophene rings is 1. The highest BCUT2D eigenvalue weighted by molar-refractivity contribution is 7.12. The van der Waals surface area contributed by atoms with Gasteiger partial charge in [-0.1, -0.05) is 55.5 Å². The van der Waals surface area contributed by atoms with Gasteiger partial charge in [0.25, 0.3) is 5.91 Å². The molecule has 2 N–H and O–H groups in total. The fourth-order valence-corrected chi connectivity index (χ4v) is 4.27. The number of methoxy groups -OCH3 is 1. The van der Waals surface area contributed by atoms with Crippen molar-refractivity contribution in [3.05, 3.63) is 88.1 Å². The Morgan fingerprint density at radius 2 is 1.78 bits per heavy atom. The molecule has 0 radical (unpaired) electrons. The van der Waals surface area contributed by atoms with E-state index >= 15 is 0 Å². The molecule has 0 aliphatic heterocycles. The largest absolute Gasteiger partial charge is 0.497 e. The zero-order chi connectivity index (χ0) is 26.1. The summed E-state index contributed by atoms with van der Waals surface area (Å²) in [5, 5.41) is 7.60. The standard InChI is InChI=1S/C28H33N3O4S/c1-5-28(2,3)30-27(34)25(21-13-9-14-22(17-21)35-4)31(19-20-11-7-6-8-12-20)24(32)18-29-26(33)23-15-10-16-36-23/h6-17,25H,5,18-19H2,1-4H3,(H,29,33)(H,30,34). The van der Waals surface area contributed by atoms with Crippen LogP contribution in [0.1, 0.15) is 54.0 Å². The topological polar surface area (TPSA) is 87.7 Å². The predicted octanol–water partition coefficient (Wildman–Crippen LogP) is 4.56. The van der Waals surface area contributed by atoms with Crippen molar-refractivity contribution < 1.29 is 19.1 Å². The number of amides is 3. The van der Waals surface area contributed by atoms with Crippen LogP contribution in [0.15, 0.2) is 72.1 Å². The van der Waals surface area contributed by atoms with Gasteiger partial charge in [0.15, 0.2) is 0 Å². The lowest BCUT2D eigenvalue weighted by atomic mass is 9.98. The molecule has 0 bridgehead atoms. The minimum Gasteiger partial charge on any atom is -0.497 e. The minimum atomic E-state index is -0.933. The quantitative estimate of drug-likeness (QED) is 0.398. The number of carbonyl (C=O) groups is 3. The van der Waals surface area contributed by atoms with Gasteiger partial charge < -0.3 is 20.3 Å². The van der Waals surface area contributed by atoms with Gasteiger partial charge >= 0.3 is 0 Å². The Labute approximate surface area is 216 Å². The smallest absolute Gasteiger partial charge is 0.261 e. The third kappa shape index (κ3) is 7.18. The molecule has 0 spiro atoms. The molecular weight excluding hydrogens is 474 g/mol. The molecule has 1 aromatic heterocycles. The second kappa shape index (κ2) is 12.4. The molecule has 0 aliphatic carbocycles. The van der Waals surface area contributed by atoms with Crippen molar-refractivity contribution >= 4 is 29.1 Å². The molecule has 1 unspecified atom stereocenters. The first-order valence-electron chi connectivity index (χ1n) is 11.8. The number of hydrogen-bond donors (Lipinski definition) is 2. The predicted molar refractivity (Wildman–Crippen MR) is 142 cm³/mol. The molecule has 7 nitrogen and oxygen atoms in total. The molecular formula is C28H33N3O4S. The van der Waals surface area contributed by atoms with Crippen LogP contribution >= 0.6 is 11.3 Å². The van der Waals surface area contributed by atoms with Gasteiger partial charge in [0.2, 0.25) is 11.8 Å². The van der Waals surface area contributed by atoms with Crippen molar-refractivity contribution in [3.8, 4) is 5.75 Å². The molecule has 3 aromatic rings. The molecule has 0 fully saturated rings. The highest BCUT2D eigenvalue weighted by Crippen LogP contribution is 2.28. The average Bonchev–Trinajstić information content (AvgIpc) is 3.42. The zero-order valence-corrected chi connectivity index (χ0v) is 21.9. The summed E-state index contributed by atoms with van der Waals surface area (Å²) < 4.78 is 5.39. The third-order valence-corrected chi connectivity index (χ3v) is 6.84. The summed E-state index contributed by atoms with van der Waals surface area (Å²) in [5.41, 5.74) is 1.02. The van der Waals surface area contributed by atoms with E-state index < -0.39 is 11.6 Å². The molecule has 1 heterocycles. The Bertz CT molecular complexity index is 1160. The summed E-state index contributed by atoms with van der Waals surface area (Å²) in [5.74, 6) is -0.421. The van der Waals surface area contributed by atoms with Gasteiger partial charge in [0, 0.05) is 12.1 Å². The SMILES string of the molecule is CCC(C)(C)NC(=O)C(c1cccc(OC)c1)N(Cc1ccccc1)C(=O)CNC(=O)c1cccs1. The van der Waals surface area contributed by atoms with Crippen LogP contribution in [0.3, 0.4) is 0 Å². The van der Waals surface area contributed by atoms with E-state index in [0.29, 0.717) is 22.6 Å². The number of ether oxygens (including phenoxy) is 1. The Morgan fingerprint density at radius 3 is 2.42 bits per heavy atom. The van der Waals surface area contributed by atoms with Crippen LogP contribution in [0.2, 0.25) is 0 Å². The number of rotatable bonds is 11. The molecule has 1 atom stereocenters. The first kappa shape index (κ1) is 26.9. The molecule has 8 heteroatoms. The Kier molecular flexibility index (Phi) is 9.25. The number of carbonyl (C=O) groups excluding carboxylic acids is 3. The van der Waals surface area contributed by atoms with E-state index in [2.05, 4.69) is 10.6 Å². The molecule has 0 saturated heterocycles. The van der Waals surface area contributed by atoms with E-state index in [-0.39, 0.29) is 30.8 Å². The van der Waals surface area contributed by atoms with Gasteiger partial charge in [0.1, 0.15) is 11.8 Å². The lowest BCUT2D eigenvalue weighted by molar-refractivity contribution is -0.141. The maximum absolute atomic E-state index is 13.7. The fraction of sp³-hybridized carbons (Fsp3) is 0.321. The highest BCUT2D eigenvalue weighted by Gasteiger charge is 2.34. The maximum Gasteiger partial charge on any atom is 0.261 e. The van der Waals surface area contributed by atoms with Gasteiger partial charge in [-0.15, -0.1) is 11.3 Å². The second-order valence-electron chi connectivity index (χ2n) is 9.07. The van der Waals surface area contributed by atoms with E-state index in [1.807, 2.05) is 51.1 Å². The van der Waals surface area contributed by atoms with Crippen molar-refractivity contribution in [2.75, 3.05) is 13.7 Å². The normalized spacial score (nSPS) is 11.9. The first-order valence-corrected chi connectivity index (χ1v) is 12.7. The summed E-state index contributed by atoms with van der Waals surface area (Å²) in [4.78, 5) is 41.9. The molecule has 3 amide bonds. The van der Waals surface area contributed by atoms with E-state index in [4.69, 9.17) is 4.74 Å².